The lowest BCUT2D eigenvalue weighted by Gasteiger charge is -2.31. The molecule has 1 aromatic rings. The van der Waals surface area contributed by atoms with Crippen LogP contribution in [0, 0.1) is 13.8 Å². The van der Waals surface area contributed by atoms with Crippen molar-refractivity contribution < 1.29 is 4.39 Å². The third-order valence-corrected chi connectivity index (χ3v) is 3.36. The van der Waals surface area contributed by atoms with Gasteiger partial charge in [-0.1, -0.05) is 0 Å². The van der Waals surface area contributed by atoms with E-state index in [9.17, 15) is 4.39 Å². The van der Waals surface area contributed by atoms with E-state index < -0.39 is 5.67 Å². The van der Waals surface area contributed by atoms with Crippen LogP contribution in [-0.2, 0) is 6.54 Å². The molecular formula is C12H19FN2. The first-order valence-corrected chi connectivity index (χ1v) is 5.63. The zero-order valence-corrected chi connectivity index (χ0v) is 9.52. The monoisotopic (exact) mass is 210 g/mol. The molecule has 2 nitrogen and oxygen atoms in total. The van der Waals surface area contributed by atoms with Gasteiger partial charge in [-0.2, -0.15) is 0 Å². The second-order valence-corrected chi connectivity index (χ2v) is 4.60. The summed E-state index contributed by atoms with van der Waals surface area (Å²) in [5, 5.41) is 3.20. The molecule has 2 rings (SSSR count). The lowest BCUT2D eigenvalue weighted by molar-refractivity contribution is 0.0927. The standard InChI is InChI=1S/C12H19FN2/c1-10-3-4-11(2)15(10)9-12(13)5-7-14-8-6-12/h3-4,14H,5-9H2,1-2H3. The number of halogens is 1. The molecule has 15 heavy (non-hydrogen) atoms. The quantitative estimate of drug-likeness (QED) is 0.792. The van der Waals surface area contributed by atoms with Gasteiger partial charge in [0.15, 0.2) is 0 Å². The highest BCUT2D eigenvalue weighted by Gasteiger charge is 2.32. The number of alkyl halides is 1. The maximum absolute atomic E-state index is 14.4. The average Bonchev–Trinajstić information content (AvgIpc) is 2.50. The van der Waals surface area contributed by atoms with Crippen LogP contribution in [0.3, 0.4) is 0 Å². The van der Waals surface area contributed by atoms with Crippen LogP contribution >= 0.6 is 0 Å². The predicted molar refractivity (Wildman–Crippen MR) is 59.8 cm³/mol. The van der Waals surface area contributed by atoms with Gasteiger partial charge in [-0.25, -0.2) is 4.39 Å². The van der Waals surface area contributed by atoms with Crippen molar-refractivity contribution in [2.45, 2.75) is 38.9 Å². The first-order valence-electron chi connectivity index (χ1n) is 5.63. The van der Waals surface area contributed by atoms with Gasteiger partial charge in [0, 0.05) is 11.4 Å². The minimum absolute atomic E-state index is 0.513. The van der Waals surface area contributed by atoms with Crippen molar-refractivity contribution in [2.24, 2.45) is 0 Å². The van der Waals surface area contributed by atoms with E-state index in [0.717, 1.165) is 24.5 Å². The summed E-state index contributed by atoms with van der Waals surface area (Å²) in [5.74, 6) is 0. The van der Waals surface area contributed by atoms with Crippen LogP contribution in [0.2, 0.25) is 0 Å². The van der Waals surface area contributed by atoms with E-state index in [0.29, 0.717) is 19.4 Å². The minimum atomic E-state index is -1.01. The number of piperidine rings is 1. The highest BCUT2D eigenvalue weighted by molar-refractivity contribution is 5.14. The van der Waals surface area contributed by atoms with E-state index in [-0.39, 0.29) is 0 Å². The molecule has 0 unspecified atom stereocenters. The Morgan fingerprint density at radius 2 is 1.80 bits per heavy atom. The van der Waals surface area contributed by atoms with E-state index in [1.807, 2.05) is 13.8 Å². The van der Waals surface area contributed by atoms with Crippen LogP contribution in [-0.4, -0.2) is 23.3 Å². The maximum Gasteiger partial charge on any atom is 0.131 e. The van der Waals surface area contributed by atoms with Gasteiger partial charge in [-0.3, -0.25) is 0 Å². The Kier molecular flexibility index (Phi) is 2.83. The van der Waals surface area contributed by atoms with Gasteiger partial charge in [-0.05, 0) is 51.9 Å². The Labute approximate surface area is 90.5 Å². The fraction of sp³-hybridized carbons (Fsp3) is 0.667. The van der Waals surface area contributed by atoms with Gasteiger partial charge in [0.25, 0.3) is 0 Å². The molecule has 84 valence electrons. The van der Waals surface area contributed by atoms with Crippen LogP contribution in [0.15, 0.2) is 12.1 Å². The van der Waals surface area contributed by atoms with Crippen LogP contribution in [0.4, 0.5) is 4.39 Å². The Bertz CT molecular complexity index is 318. The number of hydrogen-bond donors (Lipinski definition) is 1. The first kappa shape index (κ1) is 10.7. The molecule has 0 bridgehead atoms. The van der Waals surface area contributed by atoms with Gasteiger partial charge >= 0.3 is 0 Å². The molecule has 0 aromatic carbocycles. The number of aromatic nitrogens is 1. The second kappa shape index (κ2) is 3.97. The number of nitrogens with zero attached hydrogens (tertiary/aromatic N) is 1. The molecule has 2 heterocycles. The van der Waals surface area contributed by atoms with Gasteiger partial charge in [-0.15, -0.1) is 0 Å². The van der Waals surface area contributed by atoms with Crippen LogP contribution < -0.4 is 5.32 Å². The molecule has 0 saturated carbocycles. The van der Waals surface area contributed by atoms with Crippen LogP contribution in [0.5, 0.6) is 0 Å². The topological polar surface area (TPSA) is 17.0 Å². The Morgan fingerprint density at radius 3 is 2.33 bits per heavy atom. The lowest BCUT2D eigenvalue weighted by atomic mass is 9.94. The third kappa shape index (κ3) is 2.23. The maximum atomic E-state index is 14.4. The summed E-state index contributed by atoms with van der Waals surface area (Å²) in [6.07, 6.45) is 1.26. The van der Waals surface area contributed by atoms with E-state index in [4.69, 9.17) is 0 Å². The Hall–Kier alpha value is -0.830. The Balaban J connectivity index is 2.13. The fourth-order valence-corrected chi connectivity index (χ4v) is 2.27. The zero-order valence-electron chi connectivity index (χ0n) is 9.52. The number of hydrogen-bond acceptors (Lipinski definition) is 1. The number of aryl methyl sites for hydroxylation is 2. The molecule has 3 heteroatoms. The molecule has 0 amide bonds. The summed E-state index contributed by atoms with van der Waals surface area (Å²) in [7, 11) is 0. The minimum Gasteiger partial charge on any atom is -0.346 e. The molecule has 0 aliphatic carbocycles. The third-order valence-electron chi connectivity index (χ3n) is 3.36. The first-order chi connectivity index (χ1) is 7.11. The van der Waals surface area contributed by atoms with Crippen molar-refractivity contribution in [3.63, 3.8) is 0 Å². The van der Waals surface area contributed by atoms with E-state index in [1.54, 1.807) is 0 Å². The highest BCUT2D eigenvalue weighted by atomic mass is 19.1. The van der Waals surface area contributed by atoms with Crippen LogP contribution in [0.1, 0.15) is 24.2 Å². The van der Waals surface area contributed by atoms with Crippen molar-refractivity contribution in [3.8, 4) is 0 Å². The van der Waals surface area contributed by atoms with E-state index >= 15 is 0 Å². The smallest absolute Gasteiger partial charge is 0.131 e. The second-order valence-electron chi connectivity index (χ2n) is 4.60. The zero-order chi connectivity index (χ0) is 10.9. The summed E-state index contributed by atoms with van der Waals surface area (Å²) >= 11 is 0. The number of rotatable bonds is 2. The SMILES string of the molecule is Cc1ccc(C)n1CC1(F)CCNCC1. The van der Waals surface area contributed by atoms with Crippen molar-refractivity contribution >= 4 is 0 Å². The van der Waals surface area contributed by atoms with Crippen molar-refractivity contribution in [3.05, 3.63) is 23.5 Å². The predicted octanol–water partition coefficient (Wildman–Crippen LogP) is 2.20. The molecule has 0 atom stereocenters. The lowest BCUT2D eigenvalue weighted by Crippen LogP contribution is -2.41. The van der Waals surface area contributed by atoms with Crippen LogP contribution in [0.25, 0.3) is 0 Å². The summed E-state index contributed by atoms with van der Waals surface area (Å²) < 4.78 is 16.5. The summed E-state index contributed by atoms with van der Waals surface area (Å²) in [6, 6.07) is 4.11. The van der Waals surface area contributed by atoms with Gasteiger partial charge in [0.2, 0.25) is 0 Å². The van der Waals surface area contributed by atoms with E-state index in [1.165, 1.54) is 0 Å². The molecule has 1 fully saturated rings. The molecule has 1 aromatic heterocycles. The molecular weight excluding hydrogens is 191 g/mol. The van der Waals surface area contributed by atoms with Gasteiger partial charge < -0.3 is 9.88 Å². The van der Waals surface area contributed by atoms with Gasteiger partial charge in [0.05, 0.1) is 6.54 Å². The molecule has 1 N–H and O–H groups in total. The molecule has 1 aliphatic rings. The van der Waals surface area contributed by atoms with Crippen molar-refractivity contribution in [1.82, 2.24) is 9.88 Å². The average molecular weight is 210 g/mol. The molecule has 1 saturated heterocycles. The molecule has 0 radical (unpaired) electrons. The molecule has 1 aliphatic heterocycles. The van der Waals surface area contributed by atoms with Crippen molar-refractivity contribution in [2.75, 3.05) is 13.1 Å². The van der Waals surface area contributed by atoms with Crippen molar-refractivity contribution in [1.29, 1.82) is 0 Å². The largest absolute Gasteiger partial charge is 0.346 e. The fourth-order valence-electron chi connectivity index (χ4n) is 2.27. The number of nitrogens with one attached hydrogen (secondary N) is 1. The summed E-state index contributed by atoms with van der Waals surface area (Å²) in [5.41, 5.74) is 1.30. The normalized spacial score (nSPS) is 20.5. The molecule has 0 spiro atoms. The van der Waals surface area contributed by atoms with E-state index in [2.05, 4.69) is 22.0 Å². The summed E-state index contributed by atoms with van der Waals surface area (Å²) in [6.45, 7) is 6.19. The summed E-state index contributed by atoms with van der Waals surface area (Å²) in [4.78, 5) is 0. The highest BCUT2D eigenvalue weighted by Crippen LogP contribution is 2.26. The Morgan fingerprint density at radius 1 is 1.27 bits per heavy atom. The van der Waals surface area contributed by atoms with Gasteiger partial charge in [0.1, 0.15) is 5.67 Å².